The molecular weight excluding hydrogens is 264 g/mol. The molecule has 0 fully saturated rings. The van der Waals surface area contributed by atoms with E-state index in [1.807, 2.05) is 42.5 Å². The minimum atomic E-state index is 0.633. The molecule has 0 atom stereocenters. The minimum Gasteiger partial charge on any atom is -0.495 e. The Bertz CT molecular complexity index is 572. The minimum absolute atomic E-state index is 0.633. The molecule has 0 amide bonds. The zero-order valence-corrected chi connectivity index (χ0v) is 12.6. The molecule has 0 saturated carbocycles. The van der Waals surface area contributed by atoms with Crippen LogP contribution in [0.25, 0.3) is 0 Å². The van der Waals surface area contributed by atoms with E-state index in [0.29, 0.717) is 12.3 Å². The first kappa shape index (κ1) is 15.0. The maximum Gasteiger partial charge on any atom is 0.142 e. The van der Waals surface area contributed by atoms with Crippen molar-refractivity contribution >= 4 is 11.4 Å². The van der Waals surface area contributed by atoms with E-state index in [4.69, 9.17) is 15.2 Å². The highest BCUT2D eigenvalue weighted by Crippen LogP contribution is 2.26. The third-order valence-corrected chi connectivity index (χ3v) is 3.31. The number of hydrogen-bond acceptors (Lipinski definition) is 4. The number of nitrogens with two attached hydrogens (primary N) is 1. The van der Waals surface area contributed by atoms with E-state index in [2.05, 4.69) is 18.0 Å². The molecule has 4 heteroatoms. The molecule has 0 aliphatic heterocycles. The Morgan fingerprint density at radius 1 is 1.00 bits per heavy atom. The summed E-state index contributed by atoms with van der Waals surface area (Å²) in [6.45, 7) is 1.51. The van der Waals surface area contributed by atoms with Gasteiger partial charge in [0.2, 0.25) is 0 Å². The number of nitrogens with zero attached hydrogens (tertiary/aromatic N) is 1. The third-order valence-electron chi connectivity index (χ3n) is 3.31. The summed E-state index contributed by atoms with van der Waals surface area (Å²) in [7, 11) is 3.74. The third kappa shape index (κ3) is 4.05. The van der Waals surface area contributed by atoms with Gasteiger partial charge in [-0.15, -0.1) is 0 Å². The Morgan fingerprint density at radius 2 is 1.67 bits per heavy atom. The zero-order chi connectivity index (χ0) is 15.1. The molecule has 2 N–H and O–H groups in total. The standard InChI is InChI=1S/C17H22N2O2/c1-19(15-9-4-6-11-17(15)20-2)12-7-13-21-16-10-5-3-8-14(16)18/h3-6,8-11H,7,12-13,18H2,1-2H3. The summed E-state index contributed by atoms with van der Waals surface area (Å²) in [5.74, 6) is 1.63. The van der Waals surface area contributed by atoms with Gasteiger partial charge < -0.3 is 20.1 Å². The Morgan fingerprint density at radius 3 is 2.38 bits per heavy atom. The molecule has 0 aromatic heterocycles. The van der Waals surface area contributed by atoms with Crippen molar-refractivity contribution in [1.82, 2.24) is 0 Å². The lowest BCUT2D eigenvalue weighted by molar-refractivity contribution is 0.314. The highest BCUT2D eigenvalue weighted by molar-refractivity contribution is 5.57. The lowest BCUT2D eigenvalue weighted by Gasteiger charge is -2.21. The predicted molar refractivity (Wildman–Crippen MR) is 87.2 cm³/mol. The second-order valence-corrected chi connectivity index (χ2v) is 4.83. The van der Waals surface area contributed by atoms with Gasteiger partial charge in [0.25, 0.3) is 0 Å². The van der Waals surface area contributed by atoms with E-state index in [1.165, 1.54) is 0 Å². The molecule has 112 valence electrons. The van der Waals surface area contributed by atoms with Crippen LogP contribution >= 0.6 is 0 Å². The summed E-state index contributed by atoms with van der Waals surface area (Å²) in [6, 6.07) is 15.6. The first-order chi connectivity index (χ1) is 10.2. The maximum atomic E-state index is 5.84. The van der Waals surface area contributed by atoms with Crippen LogP contribution in [0.2, 0.25) is 0 Å². The SMILES string of the molecule is COc1ccccc1N(C)CCCOc1ccccc1N. The van der Waals surface area contributed by atoms with Crippen LogP contribution in [-0.2, 0) is 0 Å². The molecule has 0 aliphatic rings. The number of para-hydroxylation sites is 4. The van der Waals surface area contributed by atoms with E-state index in [9.17, 15) is 0 Å². The zero-order valence-electron chi connectivity index (χ0n) is 12.6. The molecule has 4 nitrogen and oxygen atoms in total. The highest BCUT2D eigenvalue weighted by atomic mass is 16.5. The average molecular weight is 286 g/mol. The van der Waals surface area contributed by atoms with Crippen molar-refractivity contribution in [2.75, 3.05) is 37.9 Å². The molecule has 0 unspecified atom stereocenters. The van der Waals surface area contributed by atoms with Crippen LogP contribution in [0.4, 0.5) is 11.4 Å². The van der Waals surface area contributed by atoms with Crippen molar-refractivity contribution in [1.29, 1.82) is 0 Å². The van der Waals surface area contributed by atoms with E-state index in [0.717, 1.165) is 30.2 Å². The van der Waals surface area contributed by atoms with Gasteiger partial charge in [-0.05, 0) is 30.7 Å². The quantitative estimate of drug-likeness (QED) is 0.627. The monoisotopic (exact) mass is 286 g/mol. The summed E-state index contributed by atoms with van der Waals surface area (Å²) >= 11 is 0. The van der Waals surface area contributed by atoms with Gasteiger partial charge in [0, 0.05) is 13.6 Å². The van der Waals surface area contributed by atoms with E-state index < -0.39 is 0 Å². The van der Waals surface area contributed by atoms with Crippen LogP contribution in [0.1, 0.15) is 6.42 Å². The highest BCUT2D eigenvalue weighted by Gasteiger charge is 2.07. The summed E-state index contributed by atoms with van der Waals surface area (Å²) in [6.07, 6.45) is 0.906. The molecule has 0 aliphatic carbocycles. The molecule has 0 spiro atoms. The summed E-state index contributed by atoms with van der Waals surface area (Å²) in [4.78, 5) is 2.16. The van der Waals surface area contributed by atoms with Gasteiger partial charge in [0.1, 0.15) is 11.5 Å². The average Bonchev–Trinajstić information content (AvgIpc) is 2.52. The Kier molecular flexibility index (Phi) is 5.32. The lowest BCUT2D eigenvalue weighted by Crippen LogP contribution is -2.21. The van der Waals surface area contributed by atoms with Crippen LogP contribution in [0.3, 0.4) is 0 Å². The van der Waals surface area contributed by atoms with Crippen molar-refractivity contribution in [3.63, 3.8) is 0 Å². The van der Waals surface area contributed by atoms with Crippen molar-refractivity contribution in [2.24, 2.45) is 0 Å². The number of rotatable bonds is 7. The maximum absolute atomic E-state index is 5.84. The van der Waals surface area contributed by atoms with Gasteiger partial charge in [-0.2, -0.15) is 0 Å². The first-order valence-corrected chi connectivity index (χ1v) is 7.04. The van der Waals surface area contributed by atoms with E-state index >= 15 is 0 Å². The molecule has 2 aromatic carbocycles. The number of nitrogen functional groups attached to an aromatic ring is 1. The molecular formula is C17H22N2O2. The first-order valence-electron chi connectivity index (χ1n) is 7.04. The van der Waals surface area contributed by atoms with Gasteiger partial charge in [-0.1, -0.05) is 24.3 Å². The Balaban J connectivity index is 1.82. The normalized spacial score (nSPS) is 10.2. The molecule has 2 aromatic rings. The van der Waals surface area contributed by atoms with Gasteiger partial charge >= 0.3 is 0 Å². The van der Waals surface area contributed by atoms with Crippen LogP contribution in [-0.4, -0.2) is 27.3 Å². The number of methoxy groups -OCH3 is 1. The van der Waals surface area contributed by atoms with E-state index in [1.54, 1.807) is 7.11 Å². The van der Waals surface area contributed by atoms with Gasteiger partial charge in [-0.25, -0.2) is 0 Å². The lowest BCUT2D eigenvalue weighted by atomic mass is 10.2. The van der Waals surface area contributed by atoms with Gasteiger partial charge in [0.05, 0.1) is 25.1 Å². The number of ether oxygens (including phenoxy) is 2. The number of hydrogen-bond donors (Lipinski definition) is 1. The van der Waals surface area contributed by atoms with Crippen molar-refractivity contribution in [2.45, 2.75) is 6.42 Å². The van der Waals surface area contributed by atoms with E-state index in [-0.39, 0.29) is 0 Å². The van der Waals surface area contributed by atoms with Crippen LogP contribution in [0.15, 0.2) is 48.5 Å². The van der Waals surface area contributed by atoms with Gasteiger partial charge in [-0.3, -0.25) is 0 Å². The second kappa shape index (κ2) is 7.43. The van der Waals surface area contributed by atoms with Gasteiger partial charge in [0.15, 0.2) is 0 Å². The smallest absolute Gasteiger partial charge is 0.142 e. The molecule has 21 heavy (non-hydrogen) atoms. The summed E-state index contributed by atoms with van der Waals surface area (Å²) in [5.41, 5.74) is 7.60. The summed E-state index contributed by atoms with van der Waals surface area (Å²) < 4.78 is 11.1. The largest absolute Gasteiger partial charge is 0.495 e. The fourth-order valence-electron chi connectivity index (χ4n) is 2.16. The Hall–Kier alpha value is -2.36. The molecule has 0 radical (unpaired) electrons. The van der Waals surface area contributed by atoms with Crippen LogP contribution < -0.4 is 20.1 Å². The van der Waals surface area contributed by atoms with Crippen molar-refractivity contribution in [3.8, 4) is 11.5 Å². The number of anilines is 2. The molecule has 2 rings (SSSR count). The molecule has 0 bridgehead atoms. The topological polar surface area (TPSA) is 47.7 Å². The van der Waals surface area contributed by atoms with Crippen LogP contribution in [0.5, 0.6) is 11.5 Å². The fraction of sp³-hybridized carbons (Fsp3) is 0.294. The fourth-order valence-corrected chi connectivity index (χ4v) is 2.16. The van der Waals surface area contributed by atoms with Crippen molar-refractivity contribution in [3.05, 3.63) is 48.5 Å². The summed E-state index contributed by atoms with van der Waals surface area (Å²) in [5, 5.41) is 0. The molecule has 0 saturated heterocycles. The van der Waals surface area contributed by atoms with Crippen LogP contribution in [0, 0.1) is 0 Å². The number of benzene rings is 2. The predicted octanol–water partition coefficient (Wildman–Crippen LogP) is 3.18. The molecule has 0 heterocycles. The second-order valence-electron chi connectivity index (χ2n) is 4.83. The Labute approximate surface area is 126 Å². The van der Waals surface area contributed by atoms with Crippen molar-refractivity contribution < 1.29 is 9.47 Å².